The number of hydrogen-bond acceptors (Lipinski definition) is 8. The number of imide groups is 1. The Labute approximate surface area is 225 Å². The molecule has 3 aliphatic rings. The number of fused-ring (bicyclic) bond motifs is 1. The van der Waals surface area contributed by atoms with Gasteiger partial charge in [-0.1, -0.05) is 43.1 Å². The number of carbonyl (C=O) groups excluding carboxylic acids is 3. The molecule has 2 atom stereocenters. The van der Waals surface area contributed by atoms with Crippen LogP contribution in [-0.4, -0.2) is 74.9 Å². The fourth-order valence-corrected chi connectivity index (χ4v) is 6.09. The zero-order valence-electron chi connectivity index (χ0n) is 21.3. The van der Waals surface area contributed by atoms with Gasteiger partial charge in [-0.25, -0.2) is 8.70 Å². The van der Waals surface area contributed by atoms with Crippen molar-refractivity contribution in [1.82, 2.24) is 19.4 Å². The van der Waals surface area contributed by atoms with Gasteiger partial charge in [-0.2, -0.15) is 0 Å². The number of aliphatic hydroxyl groups excluding tert-OH is 1. The summed E-state index contributed by atoms with van der Waals surface area (Å²) in [4.78, 5) is 40.6. The maximum atomic E-state index is 15.0. The number of rotatable bonds is 8. The fraction of sp³-hybridized carbons (Fsp3) is 0.444. The number of anilines is 1. The molecule has 11 heteroatoms. The highest BCUT2D eigenvalue weighted by atomic mass is 32.2. The molecule has 3 N–H and O–H groups in total. The van der Waals surface area contributed by atoms with Crippen molar-refractivity contribution in [2.24, 2.45) is 0 Å². The summed E-state index contributed by atoms with van der Waals surface area (Å²) in [7, 11) is 0. The number of nitrogens with one attached hydrogen (secondary N) is 2. The number of carbonyl (C=O) groups is 3. The lowest BCUT2D eigenvalue weighted by Gasteiger charge is -2.33. The van der Waals surface area contributed by atoms with Crippen molar-refractivity contribution in [3.8, 4) is 0 Å². The number of aliphatic hydroxyl groups is 1. The van der Waals surface area contributed by atoms with Crippen molar-refractivity contribution in [3.63, 3.8) is 0 Å². The summed E-state index contributed by atoms with van der Waals surface area (Å²) >= 11 is 1.86. The maximum Gasteiger partial charge on any atom is 0.259 e. The number of amides is 3. The molecule has 3 heterocycles. The average Bonchev–Trinajstić information content (AvgIpc) is 3.15. The number of nitrogens with zero attached hydrogens (tertiary/aromatic N) is 3. The second-order valence-corrected chi connectivity index (χ2v) is 11.1. The van der Waals surface area contributed by atoms with Crippen LogP contribution < -0.4 is 10.6 Å². The van der Waals surface area contributed by atoms with Crippen LogP contribution in [0.3, 0.4) is 0 Å². The third kappa shape index (κ3) is 5.42. The summed E-state index contributed by atoms with van der Waals surface area (Å²) in [5, 5.41) is 16.2. The first-order valence-electron chi connectivity index (χ1n) is 12.9. The predicted octanol–water partition coefficient (Wildman–Crippen LogP) is 2.48. The number of piperazine rings is 1. The Hall–Kier alpha value is -2.99. The molecule has 3 aliphatic heterocycles. The van der Waals surface area contributed by atoms with Crippen molar-refractivity contribution in [3.05, 3.63) is 64.5 Å². The molecule has 2 fully saturated rings. The van der Waals surface area contributed by atoms with E-state index in [1.165, 1.54) is 0 Å². The summed E-state index contributed by atoms with van der Waals surface area (Å²) in [5.41, 5.74) is 2.46. The molecule has 2 aromatic carbocycles. The van der Waals surface area contributed by atoms with Crippen LogP contribution in [0.15, 0.2) is 36.4 Å². The molecule has 0 spiro atoms. The maximum absolute atomic E-state index is 15.0. The van der Waals surface area contributed by atoms with Crippen LogP contribution >= 0.6 is 11.9 Å². The highest BCUT2D eigenvalue weighted by Crippen LogP contribution is 2.38. The summed E-state index contributed by atoms with van der Waals surface area (Å²) in [6.45, 7) is 6.90. The monoisotopic (exact) mass is 541 g/mol. The first kappa shape index (κ1) is 26.6. The molecule has 0 radical (unpaired) electrons. The van der Waals surface area contributed by atoms with Crippen LogP contribution in [0.4, 0.5) is 10.1 Å². The summed E-state index contributed by atoms with van der Waals surface area (Å²) < 4.78 is 17.4. The first-order chi connectivity index (χ1) is 18.4. The van der Waals surface area contributed by atoms with E-state index in [1.807, 2.05) is 18.0 Å². The minimum absolute atomic E-state index is 0.0950. The summed E-state index contributed by atoms with van der Waals surface area (Å²) in [5.74, 6) is -0.745. The van der Waals surface area contributed by atoms with Crippen LogP contribution in [0.25, 0.3) is 0 Å². The molecule has 0 aromatic heterocycles. The molecule has 0 saturated carbocycles. The molecule has 9 nitrogen and oxygen atoms in total. The zero-order chi connectivity index (χ0) is 26.8. The zero-order valence-corrected chi connectivity index (χ0v) is 22.1. The van der Waals surface area contributed by atoms with Crippen molar-refractivity contribution in [2.75, 3.05) is 37.2 Å². The average molecular weight is 542 g/mol. The molecule has 0 aliphatic carbocycles. The van der Waals surface area contributed by atoms with Gasteiger partial charge in [-0.15, -0.1) is 0 Å². The van der Waals surface area contributed by atoms with E-state index in [-0.39, 0.29) is 30.8 Å². The van der Waals surface area contributed by atoms with Gasteiger partial charge in [0.05, 0.1) is 5.56 Å². The van der Waals surface area contributed by atoms with E-state index in [0.29, 0.717) is 23.4 Å². The van der Waals surface area contributed by atoms with Gasteiger partial charge >= 0.3 is 0 Å². The SMILES string of the molecule is CCSN1CCN(Cc2ccc(CNc3cccc4c3C(=O)N(C3CCC(=O)NC3=O)C4O)c(F)c2)CC1. The van der Waals surface area contributed by atoms with Crippen LogP contribution in [-0.2, 0) is 22.7 Å². The molecule has 0 bridgehead atoms. The lowest BCUT2D eigenvalue weighted by molar-refractivity contribution is -0.139. The third-order valence-corrected chi connectivity index (χ3v) is 8.26. The van der Waals surface area contributed by atoms with Gasteiger partial charge in [-0.05, 0) is 24.1 Å². The van der Waals surface area contributed by atoms with Gasteiger partial charge < -0.3 is 10.4 Å². The third-order valence-electron chi connectivity index (χ3n) is 7.27. The predicted molar refractivity (Wildman–Crippen MR) is 142 cm³/mol. The fourth-order valence-electron chi connectivity index (χ4n) is 5.30. The van der Waals surface area contributed by atoms with Gasteiger partial charge in [-0.3, -0.25) is 29.5 Å². The second kappa shape index (κ2) is 11.4. The number of benzene rings is 2. The smallest absolute Gasteiger partial charge is 0.259 e. The van der Waals surface area contributed by atoms with Gasteiger partial charge in [0.25, 0.3) is 5.91 Å². The molecular weight excluding hydrogens is 509 g/mol. The molecule has 2 unspecified atom stereocenters. The Morgan fingerprint density at radius 3 is 2.63 bits per heavy atom. The van der Waals surface area contributed by atoms with E-state index in [9.17, 15) is 19.5 Å². The van der Waals surface area contributed by atoms with Gasteiger partial charge in [0.2, 0.25) is 11.8 Å². The molecule has 38 heavy (non-hydrogen) atoms. The van der Waals surface area contributed by atoms with Crippen LogP contribution in [0.5, 0.6) is 0 Å². The van der Waals surface area contributed by atoms with E-state index in [2.05, 4.69) is 26.8 Å². The Bertz CT molecular complexity index is 1240. The summed E-state index contributed by atoms with van der Waals surface area (Å²) in [6.07, 6.45) is -1.06. The molecule has 5 rings (SSSR count). The van der Waals surface area contributed by atoms with E-state index < -0.39 is 30.0 Å². The molecular formula is C27H32FN5O4S. The van der Waals surface area contributed by atoms with E-state index in [1.54, 1.807) is 30.3 Å². The van der Waals surface area contributed by atoms with Gasteiger partial charge in [0, 0.05) is 68.3 Å². The first-order valence-corrected chi connectivity index (χ1v) is 13.9. The highest BCUT2D eigenvalue weighted by Gasteiger charge is 2.45. The lowest BCUT2D eigenvalue weighted by atomic mass is 10.0. The minimum atomic E-state index is -1.30. The minimum Gasteiger partial charge on any atom is -0.380 e. The van der Waals surface area contributed by atoms with Crippen molar-refractivity contribution >= 4 is 35.4 Å². The number of piperidine rings is 1. The van der Waals surface area contributed by atoms with E-state index in [4.69, 9.17) is 0 Å². The molecule has 202 valence electrons. The Morgan fingerprint density at radius 2 is 1.92 bits per heavy atom. The topological polar surface area (TPSA) is 105 Å². The standard InChI is InChI=1S/C27H32FN5O4S/c1-2-38-32-12-10-31(11-13-32)16-17-6-7-18(20(28)14-17)15-29-21-5-3-4-19-24(21)27(37)33(26(19)36)22-8-9-23(34)30-25(22)35/h3-7,14,22,26,29,36H,2,8-13,15-16H2,1H3,(H,30,34,35). The van der Waals surface area contributed by atoms with E-state index >= 15 is 4.39 Å². The largest absolute Gasteiger partial charge is 0.380 e. The number of halogens is 1. The second-order valence-electron chi connectivity index (χ2n) is 9.73. The Balaban J connectivity index is 1.24. The van der Waals surface area contributed by atoms with Gasteiger partial charge in [0.1, 0.15) is 11.9 Å². The highest BCUT2D eigenvalue weighted by molar-refractivity contribution is 7.96. The van der Waals surface area contributed by atoms with Crippen molar-refractivity contribution in [1.29, 1.82) is 0 Å². The summed E-state index contributed by atoms with van der Waals surface area (Å²) in [6, 6.07) is 9.35. The van der Waals surface area contributed by atoms with Crippen LogP contribution in [0.1, 0.15) is 53.0 Å². The quantitative estimate of drug-likeness (QED) is 0.346. The van der Waals surface area contributed by atoms with Crippen LogP contribution in [0, 0.1) is 5.82 Å². The van der Waals surface area contributed by atoms with E-state index in [0.717, 1.165) is 42.4 Å². The Morgan fingerprint density at radius 1 is 1.13 bits per heavy atom. The van der Waals surface area contributed by atoms with Crippen LogP contribution in [0.2, 0.25) is 0 Å². The molecule has 2 aromatic rings. The van der Waals surface area contributed by atoms with Crippen molar-refractivity contribution < 1.29 is 23.9 Å². The number of hydrogen-bond donors (Lipinski definition) is 3. The van der Waals surface area contributed by atoms with Gasteiger partial charge in [0.15, 0.2) is 6.23 Å². The molecule has 2 saturated heterocycles. The lowest BCUT2D eigenvalue weighted by Crippen LogP contribution is -2.53. The normalized spacial score (nSPS) is 22.5. The van der Waals surface area contributed by atoms with Crippen molar-refractivity contribution in [2.45, 2.75) is 45.1 Å². The Kier molecular flexibility index (Phi) is 7.98. The molecule has 3 amide bonds.